The first-order valence-corrected chi connectivity index (χ1v) is 8.00. The molecule has 1 saturated carbocycles. The topological polar surface area (TPSA) is 60.2 Å². The van der Waals surface area contributed by atoms with E-state index in [0.717, 1.165) is 41.3 Å². The van der Waals surface area contributed by atoms with Gasteiger partial charge in [-0.2, -0.15) is 0 Å². The third-order valence-electron chi connectivity index (χ3n) is 4.16. The molecular weight excluding hydrogens is 278 g/mol. The summed E-state index contributed by atoms with van der Waals surface area (Å²) in [7, 11) is 1.91. The van der Waals surface area contributed by atoms with Gasteiger partial charge < -0.3 is 14.6 Å². The highest BCUT2D eigenvalue weighted by molar-refractivity contribution is 5.58. The van der Waals surface area contributed by atoms with E-state index >= 15 is 0 Å². The lowest BCUT2D eigenvalue weighted by Gasteiger charge is -2.22. The summed E-state index contributed by atoms with van der Waals surface area (Å²) in [6.07, 6.45) is 8.28. The van der Waals surface area contributed by atoms with Crippen molar-refractivity contribution in [3.8, 4) is 17.2 Å². The number of aromatic nitrogens is 2. The molecule has 0 atom stereocenters. The first-order chi connectivity index (χ1) is 10.8. The maximum atomic E-state index is 6.01. The molecule has 118 valence electrons. The predicted octanol–water partition coefficient (Wildman–Crippen LogP) is 3.48. The van der Waals surface area contributed by atoms with Gasteiger partial charge in [0.15, 0.2) is 5.76 Å². The monoisotopic (exact) mass is 301 g/mol. The summed E-state index contributed by atoms with van der Waals surface area (Å²) >= 11 is 0. The quantitative estimate of drug-likeness (QED) is 0.916. The van der Waals surface area contributed by atoms with Gasteiger partial charge in [0.25, 0.3) is 0 Å². The third kappa shape index (κ3) is 3.30. The van der Waals surface area contributed by atoms with Crippen LogP contribution in [0.3, 0.4) is 0 Å². The van der Waals surface area contributed by atoms with Gasteiger partial charge in [0.05, 0.1) is 18.0 Å². The van der Waals surface area contributed by atoms with E-state index in [2.05, 4.69) is 15.5 Å². The summed E-state index contributed by atoms with van der Waals surface area (Å²) in [4.78, 5) is 4.48. The molecule has 5 nitrogen and oxygen atoms in total. The van der Waals surface area contributed by atoms with E-state index in [1.54, 1.807) is 6.20 Å². The molecule has 3 rings (SSSR count). The van der Waals surface area contributed by atoms with Crippen LogP contribution in [0.25, 0.3) is 11.5 Å². The van der Waals surface area contributed by atoms with Crippen molar-refractivity contribution in [2.24, 2.45) is 0 Å². The zero-order valence-electron chi connectivity index (χ0n) is 13.3. The molecule has 0 amide bonds. The minimum Gasteiger partial charge on any atom is -0.489 e. The maximum absolute atomic E-state index is 6.01. The zero-order valence-corrected chi connectivity index (χ0v) is 13.3. The highest BCUT2D eigenvalue weighted by atomic mass is 16.5. The van der Waals surface area contributed by atoms with Gasteiger partial charge in [-0.15, -0.1) is 0 Å². The van der Waals surface area contributed by atoms with Gasteiger partial charge in [0.1, 0.15) is 11.4 Å². The van der Waals surface area contributed by atoms with E-state index in [0.29, 0.717) is 12.6 Å². The largest absolute Gasteiger partial charge is 0.489 e. The van der Waals surface area contributed by atoms with Gasteiger partial charge in [0.2, 0.25) is 0 Å². The van der Waals surface area contributed by atoms with Crippen LogP contribution in [0.5, 0.6) is 5.75 Å². The van der Waals surface area contributed by atoms with Crippen molar-refractivity contribution in [1.82, 2.24) is 15.5 Å². The van der Waals surface area contributed by atoms with Crippen LogP contribution < -0.4 is 10.1 Å². The Labute approximate surface area is 131 Å². The second-order valence-electron chi connectivity index (χ2n) is 5.86. The molecule has 5 heteroatoms. The van der Waals surface area contributed by atoms with Gasteiger partial charge in [-0.1, -0.05) is 11.6 Å². The molecular formula is C17H23N3O2. The van der Waals surface area contributed by atoms with Crippen LogP contribution in [0.1, 0.15) is 43.4 Å². The van der Waals surface area contributed by atoms with Crippen LogP contribution in [0.2, 0.25) is 0 Å². The standard InChI is InChI=1S/C17H23N3O2/c1-12-15(11-18-2)17(22-20-12)16-9-8-14(10-19-16)21-13-6-4-3-5-7-13/h8-10,13,18H,3-7,11H2,1-2H3. The Kier molecular flexibility index (Phi) is 4.73. The van der Waals surface area contributed by atoms with Crippen molar-refractivity contribution in [2.45, 2.75) is 51.7 Å². The predicted molar refractivity (Wildman–Crippen MR) is 84.7 cm³/mol. The number of nitrogens with one attached hydrogen (secondary N) is 1. The number of aryl methyl sites for hydroxylation is 1. The number of ether oxygens (including phenoxy) is 1. The van der Waals surface area contributed by atoms with Crippen molar-refractivity contribution in [2.75, 3.05) is 7.05 Å². The highest BCUT2D eigenvalue weighted by Crippen LogP contribution is 2.27. The first-order valence-electron chi connectivity index (χ1n) is 8.00. The lowest BCUT2D eigenvalue weighted by atomic mass is 9.98. The van der Waals surface area contributed by atoms with Crippen LogP contribution in [-0.2, 0) is 6.54 Å². The fraction of sp³-hybridized carbons (Fsp3) is 0.529. The fourth-order valence-electron chi connectivity index (χ4n) is 2.93. The van der Waals surface area contributed by atoms with E-state index in [9.17, 15) is 0 Å². The SMILES string of the molecule is CNCc1c(C)noc1-c1ccc(OC2CCCCC2)cn1. The average Bonchev–Trinajstić information content (AvgIpc) is 2.91. The second kappa shape index (κ2) is 6.92. The molecule has 0 bridgehead atoms. The Morgan fingerprint density at radius 3 is 2.77 bits per heavy atom. The Bertz CT molecular complexity index is 601. The normalized spacial score (nSPS) is 15.9. The van der Waals surface area contributed by atoms with E-state index < -0.39 is 0 Å². The minimum atomic E-state index is 0.341. The summed E-state index contributed by atoms with van der Waals surface area (Å²) in [5, 5.41) is 7.18. The minimum absolute atomic E-state index is 0.341. The van der Waals surface area contributed by atoms with Crippen molar-refractivity contribution in [1.29, 1.82) is 0 Å². The van der Waals surface area contributed by atoms with Crippen molar-refractivity contribution in [3.05, 3.63) is 29.6 Å². The van der Waals surface area contributed by atoms with Crippen molar-refractivity contribution in [3.63, 3.8) is 0 Å². The van der Waals surface area contributed by atoms with Gasteiger partial charge in [-0.3, -0.25) is 0 Å². The molecule has 1 aliphatic carbocycles. The summed E-state index contributed by atoms with van der Waals surface area (Å²) in [5.41, 5.74) is 2.74. The van der Waals surface area contributed by atoms with Crippen LogP contribution in [-0.4, -0.2) is 23.3 Å². The molecule has 0 spiro atoms. The van der Waals surface area contributed by atoms with E-state index in [1.165, 1.54) is 19.3 Å². The van der Waals surface area contributed by atoms with Crippen LogP contribution in [0, 0.1) is 6.92 Å². The summed E-state index contributed by atoms with van der Waals surface area (Å²) in [5.74, 6) is 1.57. The summed E-state index contributed by atoms with van der Waals surface area (Å²) in [6, 6.07) is 3.91. The molecule has 2 aromatic heterocycles. The van der Waals surface area contributed by atoms with Gasteiger partial charge in [-0.05, 0) is 51.8 Å². The molecule has 1 N–H and O–H groups in total. The lowest BCUT2D eigenvalue weighted by Crippen LogP contribution is -2.19. The molecule has 0 aromatic carbocycles. The Hall–Kier alpha value is -1.88. The average molecular weight is 301 g/mol. The number of pyridine rings is 1. The smallest absolute Gasteiger partial charge is 0.189 e. The Balaban J connectivity index is 1.73. The van der Waals surface area contributed by atoms with Gasteiger partial charge in [0, 0.05) is 12.1 Å². The summed E-state index contributed by atoms with van der Waals surface area (Å²) < 4.78 is 11.4. The molecule has 0 unspecified atom stereocenters. The number of hydrogen-bond acceptors (Lipinski definition) is 5. The van der Waals surface area contributed by atoms with Crippen LogP contribution in [0.4, 0.5) is 0 Å². The first kappa shape index (κ1) is 15.0. The molecule has 22 heavy (non-hydrogen) atoms. The van der Waals surface area contributed by atoms with E-state index in [1.807, 2.05) is 26.1 Å². The lowest BCUT2D eigenvalue weighted by molar-refractivity contribution is 0.154. The Morgan fingerprint density at radius 2 is 2.09 bits per heavy atom. The molecule has 1 aliphatic rings. The second-order valence-corrected chi connectivity index (χ2v) is 5.86. The Morgan fingerprint density at radius 1 is 1.27 bits per heavy atom. The third-order valence-corrected chi connectivity index (χ3v) is 4.16. The van der Waals surface area contributed by atoms with Crippen LogP contribution >= 0.6 is 0 Å². The highest BCUT2D eigenvalue weighted by Gasteiger charge is 2.17. The molecule has 1 fully saturated rings. The maximum Gasteiger partial charge on any atom is 0.189 e. The van der Waals surface area contributed by atoms with E-state index in [-0.39, 0.29) is 0 Å². The number of nitrogens with zero attached hydrogens (tertiary/aromatic N) is 2. The molecule has 2 aromatic rings. The molecule has 2 heterocycles. The number of rotatable bonds is 5. The van der Waals surface area contributed by atoms with Crippen molar-refractivity contribution >= 4 is 0 Å². The summed E-state index contributed by atoms with van der Waals surface area (Å²) in [6.45, 7) is 2.66. The molecule has 0 saturated heterocycles. The van der Waals surface area contributed by atoms with Crippen LogP contribution in [0.15, 0.2) is 22.9 Å². The van der Waals surface area contributed by atoms with Crippen molar-refractivity contribution < 1.29 is 9.26 Å². The molecule has 0 aliphatic heterocycles. The van der Waals surface area contributed by atoms with Gasteiger partial charge in [-0.25, -0.2) is 4.98 Å². The van der Waals surface area contributed by atoms with E-state index in [4.69, 9.17) is 9.26 Å². The number of hydrogen-bond donors (Lipinski definition) is 1. The zero-order chi connectivity index (χ0) is 15.4. The fourth-order valence-corrected chi connectivity index (χ4v) is 2.93. The molecule has 0 radical (unpaired) electrons. The van der Waals surface area contributed by atoms with Gasteiger partial charge >= 0.3 is 0 Å².